The highest BCUT2D eigenvalue weighted by Crippen LogP contribution is 2.16. The molecule has 0 radical (unpaired) electrons. The number of hydrogen-bond acceptors (Lipinski definition) is 3. The number of carbonyl (C=O) groups excluding carboxylic acids is 1. The fraction of sp³-hybridized carbons (Fsp3) is 0.635. The summed E-state index contributed by atoms with van der Waals surface area (Å²) in [5, 5.41) is 23.2. The van der Waals surface area contributed by atoms with Crippen LogP contribution in [0.4, 0.5) is 0 Å². The van der Waals surface area contributed by atoms with E-state index in [-0.39, 0.29) is 12.5 Å². The number of aliphatic hydroxyl groups excluding tert-OH is 2. The van der Waals surface area contributed by atoms with Crippen molar-refractivity contribution < 1.29 is 15.0 Å². The van der Waals surface area contributed by atoms with Crippen molar-refractivity contribution in [3.63, 3.8) is 0 Å². The number of hydrogen-bond donors (Lipinski definition) is 3. The van der Waals surface area contributed by atoms with Crippen LogP contribution >= 0.6 is 0 Å². The topological polar surface area (TPSA) is 69.6 Å². The van der Waals surface area contributed by atoms with E-state index in [1.807, 2.05) is 6.08 Å². The molecule has 0 fully saturated rings. The van der Waals surface area contributed by atoms with Gasteiger partial charge in [-0.3, -0.25) is 4.79 Å². The molecule has 0 saturated heterocycles. The van der Waals surface area contributed by atoms with E-state index >= 15 is 0 Å². The van der Waals surface area contributed by atoms with Gasteiger partial charge in [0, 0.05) is 6.42 Å². The Labute approximate surface area is 484 Å². The zero-order chi connectivity index (χ0) is 56.2. The van der Waals surface area contributed by atoms with E-state index in [2.05, 4.69) is 165 Å². The molecular formula is C74H123NO3. The lowest BCUT2D eigenvalue weighted by molar-refractivity contribution is -0.123. The molecule has 3 N–H and O–H groups in total. The highest BCUT2D eigenvalue weighted by molar-refractivity contribution is 5.76. The smallest absolute Gasteiger partial charge is 0.220 e. The average molecular weight is 1070 g/mol. The molecule has 1 amide bonds. The van der Waals surface area contributed by atoms with E-state index in [1.165, 1.54) is 141 Å². The van der Waals surface area contributed by atoms with Gasteiger partial charge in [0.05, 0.1) is 18.8 Å². The molecule has 442 valence electrons. The molecule has 0 heterocycles. The first-order valence-electron chi connectivity index (χ1n) is 32.7. The number of rotatable bonds is 58. The minimum Gasteiger partial charge on any atom is -0.394 e. The van der Waals surface area contributed by atoms with Crippen LogP contribution in [0, 0.1) is 0 Å². The molecule has 0 aromatic carbocycles. The van der Waals surface area contributed by atoms with Gasteiger partial charge in [0.15, 0.2) is 0 Å². The Morgan fingerprint density at radius 3 is 0.846 bits per heavy atom. The van der Waals surface area contributed by atoms with Crippen LogP contribution in [0.2, 0.25) is 0 Å². The van der Waals surface area contributed by atoms with Gasteiger partial charge in [0.1, 0.15) is 0 Å². The van der Waals surface area contributed by atoms with Crippen LogP contribution in [0.15, 0.2) is 158 Å². The minimum absolute atomic E-state index is 0.0921. The van der Waals surface area contributed by atoms with E-state index in [0.29, 0.717) is 6.42 Å². The lowest BCUT2D eigenvalue weighted by atomic mass is 10.0. The molecule has 0 aliphatic rings. The Morgan fingerprint density at radius 2 is 0.564 bits per heavy atom. The molecule has 0 aromatic rings. The van der Waals surface area contributed by atoms with Crippen molar-refractivity contribution in [2.45, 2.75) is 296 Å². The van der Waals surface area contributed by atoms with Crippen molar-refractivity contribution >= 4 is 5.91 Å². The van der Waals surface area contributed by atoms with Crippen molar-refractivity contribution in [1.29, 1.82) is 0 Å². The number of aliphatic hydroxyl groups is 2. The summed E-state index contributed by atoms with van der Waals surface area (Å²) in [6.45, 7) is 4.20. The predicted molar refractivity (Wildman–Crippen MR) is 349 cm³/mol. The van der Waals surface area contributed by atoms with Crippen molar-refractivity contribution in [2.75, 3.05) is 6.61 Å². The normalized spacial score (nSPS) is 13.8. The Bertz CT molecular complexity index is 1640. The molecular weight excluding hydrogens is 951 g/mol. The van der Waals surface area contributed by atoms with Crippen LogP contribution < -0.4 is 5.32 Å². The molecule has 0 rings (SSSR count). The first-order chi connectivity index (χ1) is 38.7. The average Bonchev–Trinajstić information content (AvgIpc) is 3.44. The molecule has 0 aliphatic heterocycles. The highest BCUT2D eigenvalue weighted by Gasteiger charge is 2.18. The van der Waals surface area contributed by atoms with Gasteiger partial charge in [0.2, 0.25) is 5.91 Å². The lowest BCUT2D eigenvalue weighted by Crippen LogP contribution is -2.45. The zero-order valence-corrected chi connectivity index (χ0v) is 50.9. The van der Waals surface area contributed by atoms with Gasteiger partial charge in [-0.25, -0.2) is 0 Å². The lowest BCUT2D eigenvalue weighted by Gasteiger charge is -2.20. The number of allylic oxidation sites excluding steroid dienone is 25. The van der Waals surface area contributed by atoms with Gasteiger partial charge in [-0.05, 0) is 109 Å². The third kappa shape index (κ3) is 62.8. The maximum atomic E-state index is 12.5. The van der Waals surface area contributed by atoms with Gasteiger partial charge in [-0.1, -0.05) is 326 Å². The monoisotopic (exact) mass is 1070 g/mol. The quantitative estimate of drug-likeness (QED) is 0.0420. The summed E-state index contributed by atoms with van der Waals surface area (Å²) in [6, 6.07) is -0.649. The maximum Gasteiger partial charge on any atom is 0.220 e. The number of nitrogens with one attached hydrogen (secondary N) is 1. The van der Waals surface area contributed by atoms with E-state index in [1.54, 1.807) is 6.08 Å². The molecule has 78 heavy (non-hydrogen) atoms. The van der Waals surface area contributed by atoms with Gasteiger partial charge in [0.25, 0.3) is 0 Å². The molecule has 2 unspecified atom stereocenters. The largest absolute Gasteiger partial charge is 0.394 e. The fourth-order valence-corrected chi connectivity index (χ4v) is 9.10. The molecule has 0 saturated carbocycles. The summed E-state index contributed by atoms with van der Waals surface area (Å²) >= 11 is 0. The van der Waals surface area contributed by atoms with Crippen LogP contribution in [-0.2, 0) is 4.79 Å². The summed E-state index contributed by atoms with van der Waals surface area (Å²) < 4.78 is 0. The van der Waals surface area contributed by atoms with Crippen molar-refractivity contribution in [2.24, 2.45) is 0 Å². The maximum absolute atomic E-state index is 12.5. The summed E-state index contributed by atoms with van der Waals surface area (Å²) in [4.78, 5) is 12.5. The Kier molecular flexibility index (Phi) is 63.8. The summed E-state index contributed by atoms with van der Waals surface area (Å²) in [5.74, 6) is -0.0921. The van der Waals surface area contributed by atoms with E-state index in [0.717, 1.165) is 122 Å². The van der Waals surface area contributed by atoms with Gasteiger partial charge in [-0.15, -0.1) is 0 Å². The van der Waals surface area contributed by atoms with E-state index in [4.69, 9.17) is 0 Å². The molecule has 2 atom stereocenters. The highest BCUT2D eigenvalue weighted by atomic mass is 16.3. The Morgan fingerprint density at radius 1 is 0.321 bits per heavy atom. The van der Waals surface area contributed by atoms with Crippen LogP contribution in [0.3, 0.4) is 0 Å². The van der Waals surface area contributed by atoms with E-state index < -0.39 is 12.1 Å². The molecule has 4 heteroatoms. The third-order valence-electron chi connectivity index (χ3n) is 14.0. The second-order valence-electron chi connectivity index (χ2n) is 21.5. The van der Waals surface area contributed by atoms with Gasteiger partial charge in [-0.2, -0.15) is 0 Å². The summed E-state index contributed by atoms with van der Waals surface area (Å²) in [7, 11) is 0. The second-order valence-corrected chi connectivity index (χ2v) is 21.5. The third-order valence-corrected chi connectivity index (χ3v) is 14.0. The Hall–Kier alpha value is -3.99. The molecule has 0 bridgehead atoms. The van der Waals surface area contributed by atoms with Crippen LogP contribution in [0.1, 0.15) is 284 Å². The molecule has 4 nitrogen and oxygen atoms in total. The van der Waals surface area contributed by atoms with Crippen molar-refractivity contribution in [1.82, 2.24) is 5.32 Å². The zero-order valence-electron chi connectivity index (χ0n) is 50.9. The second kappa shape index (κ2) is 67.3. The fourth-order valence-electron chi connectivity index (χ4n) is 9.10. The predicted octanol–water partition coefficient (Wildman–Crippen LogP) is 22.5. The number of unbranched alkanes of at least 4 members (excludes halogenated alkanes) is 27. The number of carbonyl (C=O) groups is 1. The van der Waals surface area contributed by atoms with Crippen LogP contribution in [-0.4, -0.2) is 34.9 Å². The van der Waals surface area contributed by atoms with Crippen LogP contribution in [0.5, 0.6) is 0 Å². The first-order valence-corrected chi connectivity index (χ1v) is 32.7. The standard InChI is InChI=1S/C74H123NO3/c1-3-5-7-9-11-13-15-17-19-21-23-25-27-29-30-31-32-33-34-35-36-37-38-39-40-41-42-43-44-46-48-50-52-54-56-58-60-62-64-66-68-70-74(78)75-72(71-76)73(77)69-67-65-63-61-59-57-55-53-51-49-47-45-28-26-24-22-20-18-16-14-12-10-8-6-4-2/h5,7,11,13,17,19,23,25,29-30,32-33,35-36,38-39,41-42,44,46,50,52,56,58,67,69,72-73,76-77H,3-4,6,8-10,12,14-16,18,20-22,24,26-28,31,34,37,40,43,45,47-49,51,53-55,57,59-66,68,70-71H2,1-2H3,(H,75,78)/b7-5-,13-11-,19-17-,25-23-,30-29-,33-32-,36-35-,39-38-,42-41-,46-44-,52-50-,58-56-,69-67+. The number of amides is 1. The minimum atomic E-state index is -0.863. The van der Waals surface area contributed by atoms with Gasteiger partial charge < -0.3 is 15.5 Å². The summed E-state index contributed by atoms with van der Waals surface area (Å²) in [5.41, 5.74) is 0. The SMILES string of the molecule is CC/C=C\C/C=C\C/C=C\C/C=C\C/C=C\C/C=C\C/C=C\C/C=C\C/C=C\C/C=C\C/C=C\C/C=C\CCCCCCC(=O)NC(CO)C(O)/C=C/CCCCCCCCCCCCCCCCCCCCCCCCC. The molecule has 0 aromatic heterocycles. The van der Waals surface area contributed by atoms with Gasteiger partial charge >= 0.3 is 0 Å². The summed E-state index contributed by atoms with van der Waals surface area (Å²) in [6.07, 6.45) is 107. The molecule has 0 spiro atoms. The Balaban J connectivity index is 3.67. The van der Waals surface area contributed by atoms with E-state index in [9.17, 15) is 15.0 Å². The first kappa shape index (κ1) is 74.0. The van der Waals surface area contributed by atoms with Crippen LogP contribution in [0.25, 0.3) is 0 Å². The van der Waals surface area contributed by atoms with Crippen molar-refractivity contribution in [3.8, 4) is 0 Å². The van der Waals surface area contributed by atoms with Crippen molar-refractivity contribution in [3.05, 3.63) is 158 Å². The molecule has 0 aliphatic carbocycles.